The van der Waals surface area contributed by atoms with Crippen molar-refractivity contribution in [3.8, 4) is 0 Å². The molecule has 0 saturated carbocycles. The third-order valence-electron chi connectivity index (χ3n) is 0.567. The average Bonchev–Trinajstić information content (AvgIpc) is 1.77. The Bertz CT molecular complexity index is 374. The Morgan fingerprint density at radius 3 is 0.706 bits per heavy atom. The standard InChI is InChI=1S/2CHF3O3S.Mo/c2*2-1(3,4)8(5,6)7;/h2*(H,5,6,7);/q;;+2/p-2. The zero-order valence-electron chi connectivity index (χ0n) is 6.94. The van der Waals surface area contributed by atoms with Crippen molar-refractivity contribution in [2.24, 2.45) is 0 Å². The Labute approximate surface area is 105 Å². The van der Waals surface area contributed by atoms with Gasteiger partial charge in [0, 0.05) is 0 Å². The van der Waals surface area contributed by atoms with Crippen LogP contribution in [0.2, 0.25) is 0 Å². The predicted octanol–water partition coefficient (Wildman–Crippen LogP) is 0.100. The van der Waals surface area contributed by atoms with Gasteiger partial charge in [-0.25, -0.2) is 16.8 Å². The first-order valence-electron chi connectivity index (χ1n) is 2.54. The first-order valence-corrected chi connectivity index (χ1v) is 5.36. The summed E-state index contributed by atoms with van der Waals surface area (Å²) in [5.74, 6) is 0. The molecule has 0 aliphatic carbocycles. The minimum Gasteiger partial charge on any atom is -0.741 e. The number of rotatable bonds is 0. The molecule has 0 bridgehead atoms. The average molecular weight is 394 g/mol. The number of hydrogen-bond donors (Lipinski definition) is 0. The molecule has 15 heteroatoms. The summed E-state index contributed by atoms with van der Waals surface area (Å²) in [6.07, 6.45) is 0. The molecular formula is C2F6MoO6S2. The maximum absolute atomic E-state index is 10.7. The maximum atomic E-state index is 10.7. The summed E-state index contributed by atoms with van der Waals surface area (Å²) in [6, 6.07) is 0. The minimum absolute atomic E-state index is 0. The van der Waals surface area contributed by atoms with Gasteiger partial charge in [-0.1, -0.05) is 0 Å². The summed E-state index contributed by atoms with van der Waals surface area (Å²) < 4.78 is 118. The Morgan fingerprint density at radius 2 is 0.706 bits per heavy atom. The van der Waals surface area contributed by atoms with Gasteiger partial charge in [0.2, 0.25) is 0 Å². The zero-order valence-corrected chi connectivity index (χ0v) is 10.6. The fourth-order valence-corrected chi connectivity index (χ4v) is 0. The Morgan fingerprint density at radius 1 is 0.647 bits per heavy atom. The first-order chi connectivity index (χ1) is 6.50. The summed E-state index contributed by atoms with van der Waals surface area (Å²) in [5, 5.41) is 0. The van der Waals surface area contributed by atoms with E-state index in [0.717, 1.165) is 0 Å². The Balaban J connectivity index is -0.000000218. The topological polar surface area (TPSA) is 114 Å². The van der Waals surface area contributed by atoms with Gasteiger partial charge in [0.25, 0.3) is 0 Å². The molecule has 0 rings (SSSR count). The monoisotopic (exact) mass is 396 g/mol. The summed E-state index contributed by atoms with van der Waals surface area (Å²) in [4.78, 5) is 0. The van der Waals surface area contributed by atoms with Crippen LogP contribution in [-0.4, -0.2) is 37.0 Å². The van der Waals surface area contributed by atoms with Crippen molar-refractivity contribution < 1.29 is 73.3 Å². The third kappa shape index (κ3) is 9.76. The van der Waals surface area contributed by atoms with E-state index in [-0.39, 0.29) is 21.1 Å². The van der Waals surface area contributed by atoms with Crippen molar-refractivity contribution in [2.45, 2.75) is 11.0 Å². The van der Waals surface area contributed by atoms with E-state index >= 15 is 0 Å². The van der Waals surface area contributed by atoms with Crippen LogP contribution in [0.5, 0.6) is 0 Å². The van der Waals surface area contributed by atoms with Crippen molar-refractivity contribution in [2.75, 3.05) is 0 Å². The van der Waals surface area contributed by atoms with Crippen LogP contribution in [0, 0.1) is 0 Å². The van der Waals surface area contributed by atoms with Crippen LogP contribution in [0.4, 0.5) is 26.3 Å². The maximum Gasteiger partial charge on any atom is 2.00 e. The fourth-order valence-electron chi connectivity index (χ4n) is 0. The van der Waals surface area contributed by atoms with Gasteiger partial charge in [0.15, 0.2) is 20.2 Å². The van der Waals surface area contributed by atoms with Crippen molar-refractivity contribution in [1.29, 1.82) is 0 Å². The molecule has 0 unspecified atom stereocenters. The molecule has 0 fully saturated rings. The van der Waals surface area contributed by atoms with Gasteiger partial charge < -0.3 is 9.11 Å². The third-order valence-corrected chi connectivity index (χ3v) is 1.70. The number of halogens is 6. The molecule has 0 aliphatic heterocycles. The second kappa shape index (κ2) is 6.31. The van der Waals surface area contributed by atoms with Crippen LogP contribution in [0.3, 0.4) is 0 Å². The fraction of sp³-hybridized carbons (Fsp3) is 1.00. The quantitative estimate of drug-likeness (QED) is 0.249. The summed E-state index contributed by atoms with van der Waals surface area (Å²) in [5.41, 5.74) is -11.3. The van der Waals surface area contributed by atoms with Crippen LogP contribution in [0.15, 0.2) is 0 Å². The smallest absolute Gasteiger partial charge is 0.741 e. The molecule has 0 aromatic carbocycles. The molecular weight excluding hydrogens is 394 g/mol. The van der Waals surface area contributed by atoms with E-state index in [0.29, 0.717) is 0 Å². The molecule has 0 radical (unpaired) electrons. The second-order valence-corrected chi connectivity index (χ2v) is 4.54. The Kier molecular flexibility index (Phi) is 8.27. The van der Waals surface area contributed by atoms with Gasteiger partial charge in [0.1, 0.15) is 0 Å². The van der Waals surface area contributed by atoms with Gasteiger partial charge in [0.05, 0.1) is 0 Å². The molecule has 0 spiro atoms. The van der Waals surface area contributed by atoms with Gasteiger partial charge in [-0.2, -0.15) is 26.3 Å². The van der Waals surface area contributed by atoms with E-state index in [9.17, 15) is 26.3 Å². The molecule has 0 aromatic rings. The van der Waals surface area contributed by atoms with Crippen LogP contribution < -0.4 is 0 Å². The molecule has 0 amide bonds. The van der Waals surface area contributed by atoms with E-state index in [1.165, 1.54) is 0 Å². The predicted molar refractivity (Wildman–Crippen MR) is 31.5 cm³/mol. The van der Waals surface area contributed by atoms with Gasteiger partial charge >= 0.3 is 32.1 Å². The van der Waals surface area contributed by atoms with Gasteiger partial charge in [-0.15, -0.1) is 0 Å². The van der Waals surface area contributed by atoms with Crippen molar-refractivity contribution in [3.63, 3.8) is 0 Å². The van der Waals surface area contributed by atoms with Crippen molar-refractivity contribution >= 4 is 20.2 Å². The molecule has 104 valence electrons. The zero-order chi connectivity index (χ0) is 14.0. The van der Waals surface area contributed by atoms with Gasteiger partial charge in [-0.3, -0.25) is 0 Å². The number of alkyl halides is 6. The summed E-state index contributed by atoms with van der Waals surface area (Å²) in [6.45, 7) is 0. The van der Waals surface area contributed by atoms with Crippen LogP contribution in [-0.2, 0) is 41.3 Å². The Hall–Kier alpha value is 0.0883. The van der Waals surface area contributed by atoms with E-state index in [2.05, 4.69) is 0 Å². The molecule has 6 nitrogen and oxygen atoms in total. The SMILES string of the molecule is O=S(=O)([O-])C(F)(F)F.O=S(=O)([O-])C(F)(F)F.[Mo+2]. The second-order valence-electron chi connectivity index (χ2n) is 1.80. The molecule has 0 atom stereocenters. The number of hydrogen-bond acceptors (Lipinski definition) is 6. The molecule has 0 N–H and O–H groups in total. The van der Waals surface area contributed by atoms with E-state index in [1.54, 1.807) is 0 Å². The van der Waals surface area contributed by atoms with Crippen molar-refractivity contribution in [3.05, 3.63) is 0 Å². The largest absolute Gasteiger partial charge is 2.00 e. The van der Waals surface area contributed by atoms with Gasteiger partial charge in [-0.05, 0) is 0 Å². The van der Waals surface area contributed by atoms with E-state index < -0.39 is 31.3 Å². The van der Waals surface area contributed by atoms with Crippen LogP contribution >= 0.6 is 0 Å². The summed E-state index contributed by atoms with van der Waals surface area (Å²) in [7, 11) is -12.2. The normalized spacial score (nSPS) is 13.2. The van der Waals surface area contributed by atoms with E-state index in [4.69, 9.17) is 25.9 Å². The molecule has 0 heterocycles. The minimum atomic E-state index is -6.09. The van der Waals surface area contributed by atoms with Crippen LogP contribution in [0.25, 0.3) is 0 Å². The van der Waals surface area contributed by atoms with E-state index in [1.807, 2.05) is 0 Å². The van der Waals surface area contributed by atoms with Crippen LogP contribution in [0.1, 0.15) is 0 Å². The van der Waals surface area contributed by atoms with Crippen molar-refractivity contribution in [1.82, 2.24) is 0 Å². The molecule has 0 aliphatic rings. The molecule has 0 aromatic heterocycles. The first kappa shape index (κ1) is 22.3. The summed E-state index contributed by atoms with van der Waals surface area (Å²) >= 11 is 0. The molecule has 17 heavy (non-hydrogen) atoms. The molecule has 0 saturated heterocycles.